The first-order valence-corrected chi connectivity index (χ1v) is 7.05. The van der Waals surface area contributed by atoms with Crippen molar-refractivity contribution in [1.82, 2.24) is 0 Å². The molecule has 1 aromatic rings. The molecule has 0 radical (unpaired) electrons. The molecule has 0 spiro atoms. The number of carbonyl (C=O) groups is 5. The molecule has 0 unspecified atom stereocenters. The van der Waals surface area contributed by atoms with Gasteiger partial charge >= 0.3 is 23.9 Å². The van der Waals surface area contributed by atoms with Crippen molar-refractivity contribution in [3.8, 4) is 0 Å². The predicted molar refractivity (Wildman–Crippen MR) is 78.7 cm³/mol. The van der Waals surface area contributed by atoms with Gasteiger partial charge in [-0.3, -0.25) is 19.2 Å². The van der Waals surface area contributed by atoms with Crippen LogP contribution in [0.25, 0.3) is 0 Å². The van der Waals surface area contributed by atoms with E-state index < -0.39 is 49.1 Å². The summed E-state index contributed by atoms with van der Waals surface area (Å²) in [5, 5.41) is 0. The average Bonchev–Trinajstić information content (AvgIpc) is 2.53. The molecule has 8 heteroatoms. The Morgan fingerprint density at radius 2 is 1.46 bits per heavy atom. The SMILES string of the molecule is CCOC(=O)CC(=O)OCC(=O)CC(=O)OC(=O)c1ccccc1. The number of benzene rings is 1. The van der Waals surface area contributed by atoms with Crippen molar-refractivity contribution in [2.24, 2.45) is 0 Å². The fourth-order valence-corrected chi connectivity index (χ4v) is 1.53. The minimum absolute atomic E-state index is 0.117. The van der Waals surface area contributed by atoms with E-state index in [1.54, 1.807) is 25.1 Å². The van der Waals surface area contributed by atoms with Crippen molar-refractivity contribution >= 4 is 29.7 Å². The van der Waals surface area contributed by atoms with Crippen LogP contribution in [0.2, 0.25) is 0 Å². The minimum Gasteiger partial charge on any atom is -0.466 e. The average molecular weight is 336 g/mol. The largest absolute Gasteiger partial charge is 0.466 e. The van der Waals surface area contributed by atoms with E-state index in [0.29, 0.717) is 0 Å². The molecule has 0 aliphatic heterocycles. The molecule has 0 aromatic heterocycles. The van der Waals surface area contributed by atoms with Crippen molar-refractivity contribution in [3.63, 3.8) is 0 Å². The normalized spacial score (nSPS) is 9.71. The van der Waals surface area contributed by atoms with Crippen molar-refractivity contribution in [3.05, 3.63) is 35.9 Å². The number of ether oxygens (including phenoxy) is 3. The molecule has 1 rings (SSSR count). The van der Waals surface area contributed by atoms with Gasteiger partial charge in [-0.05, 0) is 19.1 Å². The van der Waals surface area contributed by atoms with Gasteiger partial charge in [-0.2, -0.15) is 0 Å². The molecule has 0 amide bonds. The highest BCUT2D eigenvalue weighted by Crippen LogP contribution is 2.03. The molecule has 0 heterocycles. The van der Waals surface area contributed by atoms with E-state index >= 15 is 0 Å². The van der Waals surface area contributed by atoms with Crippen LogP contribution in [0.4, 0.5) is 0 Å². The number of ketones is 1. The number of rotatable bonds is 8. The lowest BCUT2D eigenvalue weighted by molar-refractivity contribution is -0.157. The Hall–Kier alpha value is -3.03. The van der Waals surface area contributed by atoms with Gasteiger partial charge in [0, 0.05) is 0 Å². The third kappa shape index (κ3) is 7.30. The summed E-state index contributed by atoms with van der Waals surface area (Å²) in [4.78, 5) is 56.8. The van der Waals surface area contributed by atoms with E-state index in [4.69, 9.17) is 0 Å². The molecule has 24 heavy (non-hydrogen) atoms. The summed E-state index contributed by atoms with van der Waals surface area (Å²) in [6.45, 7) is 0.994. The van der Waals surface area contributed by atoms with E-state index in [9.17, 15) is 24.0 Å². The van der Waals surface area contributed by atoms with Crippen LogP contribution in [0.5, 0.6) is 0 Å². The van der Waals surface area contributed by atoms with E-state index in [1.807, 2.05) is 0 Å². The lowest BCUT2D eigenvalue weighted by Gasteiger charge is -2.05. The van der Waals surface area contributed by atoms with Gasteiger partial charge < -0.3 is 14.2 Å². The van der Waals surface area contributed by atoms with Crippen LogP contribution < -0.4 is 0 Å². The maximum Gasteiger partial charge on any atom is 0.345 e. The van der Waals surface area contributed by atoms with Crippen LogP contribution in [0, 0.1) is 0 Å². The summed E-state index contributed by atoms with van der Waals surface area (Å²) in [6, 6.07) is 7.78. The Morgan fingerprint density at radius 1 is 0.833 bits per heavy atom. The summed E-state index contributed by atoms with van der Waals surface area (Å²) in [5.74, 6) is -4.43. The molecule has 0 aliphatic rings. The molecule has 0 atom stereocenters. The van der Waals surface area contributed by atoms with Gasteiger partial charge in [0.2, 0.25) is 0 Å². The van der Waals surface area contributed by atoms with E-state index in [0.717, 1.165) is 0 Å². The van der Waals surface area contributed by atoms with Gasteiger partial charge in [0.15, 0.2) is 12.4 Å². The fraction of sp³-hybridized carbons (Fsp3) is 0.312. The summed E-state index contributed by atoms with van der Waals surface area (Å²) in [7, 11) is 0. The zero-order valence-electron chi connectivity index (χ0n) is 13.0. The second-order valence-electron chi connectivity index (χ2n) is 4.49. The Labute approximate surface area is 137 Å². The lowest BCUT2D eigenvalue weighted by atomic mass is 10.2. The molecule has 0 N–H and O–H groups in total. The first-order chi connectivity index (χ1) is 11.4. The van der Waals surface area contributed by atoms with Crippen LogP contribution in [0.15, 0.2) is 30.3 Å². The number of carbonyl (C=O) groups excluding carboxylic acids is 5. The maximum absolute atomic E-state index is 11.6. The molecule has 0 fully saturated rings. The van der Waals surface area contributed by atoms with Gasteiger partial charge in [0.05, 0.1) is 12.2 Å². The van der Waals surface area contributed by atoms with E-state index in [2.05, 4.69) is 14.2 Å². The van der Waals surface area contributed by atoms with Crippen LogP contribution in [0.3, 0.4) is 0 Å². The van der Waals surface area contributed by atoms with Crippen LogP contribution in [-0.4, -0.2) is 42.9 Å². The van der Waals surface area contributed by atoms with Crippen molar-refractivity contribution < 1.29 is 38.2 Å². The monoisotopic (exact) mass is 336 g/mol. The maximum atomic E-state index is 11.6. The Balaban J connectivity index is 2.32. The molecule has 0 aliphatic carbocycles. The second kappa shape index (κ2) is 9.88. The molecule has 128 valence electrons. The highest BCUT2D eigenvalue weighted by Gasteiger charge is 2.18. The second-order valence-corrected chi connectivity index (χ2v) is 4.49. The molecule has 8 nitrogen and oxygen atoms in total. The summed E-state index contributed by atoms with van der Waals surface area (Å²) in [5.41, 5.74) is 0.166. The number of esters is 4. The third-order valence-corrected chi connectivity index (χ3v) is 2.55. The molecular weight excluding hydrogens is 320 g/mol. The van der Waals surface area contributed by atoms with Crippen molar-refractivity contribution in [2.45, 2.75) is 19.8 Å². The Morgan fingerprint density at radius 3 is 2.08 bits per heavy atom. The molecule has 0 saturated carbocycles. The lowest BCUT2D eigenvalue weighted by Crippen LogP contribution is -2.21. The standard InChI is InChI=1S/C16H16O8/c1-2-22-13(18)9-14(19)23-10-12(17)8-15(20)24-16(21)11-6-4-3-5-7-11/h3-7H,2,8-10H2,1H3. The topological polar surface area (TPSA) is 113 Å². The highest BCUT2D eigenvalue weighted by atomic mass is 16.6. The molecule has 1 aromatic carbocycles. The smallest absolute Gasteiger partial charge is 0.345 e. The number of hydrogen-bond donors (Lipinski definition) is 0. The van der Waals surface area contributed by atoms with Gasteiger partial charge in [-0.15, -0.1) is 0 Å². The number of Topliss-reactive ketones (excluding diaryl/α,β-unsaturated/α-hetero) is 1. The summed E-state index contributed by atoms with van der Waals surface area (Å²) < 4.78 is 13.6. The zero-order chi connectivity index (χ0) is 17.9. The van der Waals surface area contributed by atoms with Gasteiger partial charge in [-0.25, -0.2) is 4.79 Å². The quantitative estimate of drug-likeness (QED) is 0.389. The van der Waals surface area contributed by atoms with E-state index in [1.165, 1.54) is 12.1 Å². The number of hydrogen-bond acceptors (Lipinski definition) is 8. The first kappa shape index (κ1) is 19.0. The fourth-order valence-electron chi connectivity index (χ4n) is 1.53. The Bertz CT molecular complexity index is 620. The highest BCUT2D eigenvalue weighted by molar-refractivity contribution is 6.03. The molecule has 0 saturated heterocycles. The molecule has 0 bridgehead atoms. The molecular formula is C16H16O8. The van der Waals surface area contributed by atoms with E-state index in [-0.39, 0.29) is 12.2 Å². The van der Waals surface area contributed by atoms with Crippen LogP contribution >= 0.6 is 0 Å². The minimum atomic E-state index is -1.06. The van der Waals surface area contributed by atoms with Crippen molar-refractivity contribution in [2.75, 3.05) is 13.2 Å². The van der Waals surface area contributed by atoms with Crippen LogP contribution in [0.1, 0.15) is 30.1 Å². The zero-order valence-corrected chi connectivity index (χ0v) is 13.0. The van der Waals surface area contributed by atoms with Gasteiger partial charge in [0.1, 0.15) is 12.8 Å². The summed E-state index contributed by atoms with van der Waals surface area (Å²) >= 11 is 0. The first-order valence-electron chi connectivity index (χ1n) is 7.05. The van der Waals surface area contributed by atoms with Crippen molar-refractivity contribution in [1.29, 1.82) is 0 Å². The third-order valence-electron chi connectivity index (χ3n) is 2.55. The summed E-state index contributed by atoms with van der Waals surface area (Å²) in [6.07, 6.45) is -1.36. The predicted octanol–water partition coefficient (Wildman–Crippen LogP) is 0.826. The van der Waals surface area contributed by atoms with Gasteiger partial charge in [0.25, 0.3) is 0 Å². The Kier molecular flexibility index (Phi) is 7.83. The van der Waals surface area contributed by atoms with Crippen LogP contribution in [-0.2, 0) is 33.4 Å². The van der Waals surface area contributed by atoms with Gasteiger partial charge in [-0.1, -0.05) is 18.2 Å².